The molecule has 1 aliphatic rings. The van der Waals surface area contributed by atoms with Gasteiger partial charge in [-0.15, -0.1) is 0 Å². The zero-order valence-corrected chi connectivity index (χ0v) is 38.9. The van der Waals surface area contributed by atoms with E-state index in [0.29, 0.717) is 0 Å². The normalized spacial score (nSPS) is 12.8. The van der Waals surface area contributed by atoms with Crippen LogP contribution < -0.4 is 9.80 Å². The van der Waals surface area contributed by atoms with Crippen LogP contribution in [0.4, 0.5) is 34.1 Å². The van der Waals surface area contributed by atoms with Crippen LogP contribution >= 0.6 is 0 Å². The molecule has 0 bridgehead atoms. The topological polar surface area (TPSA) is 6.48 Å². The van der Waals surface area contributed by atoms with Crippen LogP contribution in [-0.2, 0) is 21.7 Å². The quantitative estimate of drug-likeness (QED) is 0.165. The first-order chi connectivity index (χ1) is 29.2. The largest absolute Gasteiger partial charge is 0.310 e. The van der Waals surface area contributed by atoms with Crippen molar-refractivity contribution in [3.8, 4) is 22.3 Å². The average Bonchev–Trinajstić information content (AvgIpc) is 3.22. The molecule has 0 aromatic heterocycles. The van der Waals surface area contributed by atoms with Gasteiger partial charge in [0.25, 0.3) is 0 Å². The molecule has 0 saturated heterocycles. The summed E-state index contributed by atoms with van der Waals surface area (Å²) in [6.45, 7) is 27.3. The maximum absolute atomic E-state index is 2.41. The van der Waals surface area contributed by atoms with E-state index >= 15 is 0 Å². The van der Waals surface area contributed by atoms with E-state index < -0.39 is 0 Å². The molecular weight excluding hydrogens is 749 g/mol. The van der Waals surface area contributed by atoms with Gasteiger partial charge >= 0.3 is 0 Å². The molecule has 2 heteroatoms. The highest BCUT2D eigenvalue weighted by Crippen LogP contribution is 2.51. The predicted octanol–water partition coefficient (Wildman–Crippen LogP) is 17.8. The summed E-state index contributed by atoms with van der Waals surface area (Å²) >= 11 is 0. The molecule has 0 saturated carbocycles. The van der Waals surface area contributed by atoms with E-state index in [1.54, 1.807) is 0 Å². The molecule has 0 heterocycles. The number of fused-ring (bicyclic) bond motifs is 6. The Hall–Kier alpha value is -6.12. The maximum atomic E-state index is 2.41. The fraction of sp³-hybridized carbons (Fsp3) is 0.267. The van der Waals surface area contributed by atoms with Crippen molar-refractivity contribution in [1.29, 1.82) is 0 Å². The highest BCUT2D eigenvalue weighted by molar-refractivity contribution is 6.12. The van der Waals surface area contributed by atoms with Crippen LogP contribution in [0, 0.1) is 0 Å². The van der Waals surface area contributed by atoms with Crippen LogP contribution in [0.1, 0.15) is 105 Å². The van der Waals surface area contributed by atoms with Gasteiger partial charge in [-0.05, 0) is 185 Å². The van der Waals surface area contributed by atoms with E-state index in [1.165, 1.54) is 66.1 Å². The average molecular weight is 811 g/mol. The molecule has 0 aliphatic heterocycles. The molecule has 8 aromatic carbocycles. The number of rotatable bonds is 6. The lowest BCUT2D eigenvalue weighted by Crippen LogP contribution is -2.14. The van der Waals surface area contributed by atoms with Crippen molar-refractivity contribution in [3.05, 3.63) is 180 Å². The first-order valence-electron chi connectivity index (χ1n) is 22.4. The van der Waals surface area contributed by atoms with Crippen LogP contribution in [-0.4, -0.2) is 0 Å². The molecular formula is C60H62N2. The number of hydrogen-bond donors (Lipinski definition) is 0. The lowest BCUT2D eigenvalue weighted by atomic mass is 9.78. The van der Waals surface area contributed by atoms with Crippen molar-refractivity contribution >= 4 is 55.7 Å². The van der Waals surface area contributed by atoms with Crippen molar-refractivity contribution in [2.24, 2.45) is 0 Å². The van der Waals surface area contributed by atoms with Gasteiger partial charge in [0.1, 0.15) is 0 Å². The van der Waals surface area contributed by atoms with Crippen LogP contribution in [0.2, 0.25) is 0 Å². The van der Waals surface area contributed by atoms with E-state index in [4.69, 9.17) is 0 Å². The highest BCUT2D eigenvalue weighted by atomic mass is 15.1. The van der Waals surface area contributed by atoms with Crippen molar-refractivity contribution in [2.45, 2.75) is 105 Å². The van der Waals surface area contributed by atoms with Gasteiger partial charge in [-0.3, -0.25) is 0 Å². The molecule has 0 fully saturated rings. The summed E-state index contributed by atoms with van der Waals surface area (Å²) in [4.78, 5) is 4.80. The summed E-state index contributed by atoms with van der Waals surface area (Å²) in [7, 11) is 0. The fourth-order valence-corrected chi connectivity index (χ4v) is 9.01. The van der Waals surface area contributed by atoms with Gasteiger partial charge in [0.15, 0.2) is 0 Å². The predicted molar refractivity (Wildman–Crippen MR) is 270 cm³/mol. The molecule has 0 spiro atoms. The number of anilines is 6. The highest BCUT2D eigenvalue weighted by Gasteiger charge is 2.26. The van der Waals surface area contributed by atoms with Crippen molar-refractivity contribution in [3.63, 3.8) is 0 Å². The van der Waals surface area contributed by atoms with E-state index in [1.807, 2.05) is 0 Å². The van der Waals surface area contributed by atoms with Crippen molar-refractivity contribution in [1.82, 2.24) is 0 Å². The second-order valence-corrected chi connectivity index (χ2v) is 21.7. The second kappa shape index (κ2) is 14.8. The molecule has 0 radical (unpaired) electrons. The van der Waals surface area contributed by atoms with Gasteiger partial charge in [-0.25, -0.2) is 0 Å². The third kappa shape index (κ3) is 7.70. The van der Waals surface area contributed by atoms with Gasteiger partial charge in [0.2, 0.25) is 0 Å². The van der Waals surface area contributed by atoms with E-state index in [9.17, 15) is 0 Å². The lowest BCUT2D eigenvalue weighted by molar-refractivity contribution is 0.590. The van der Waals surface area contributed by atoms with Gasteiger partial charge in [0.05, 0.1) is 0 Å². The zero-order valence-electron chi connectivity index (χ0n) is 38.9. The molecule has 9 rings (SSSR count). The summed E-state index contributed by atoms with van der Waals surface area (Å²) in [5.74, 6) is 0. The Labute approximate surface area is 370 Å². The molecule has 312 valence electrons. The molecule has 8 aromatic rings. The van der Waals surface area contributed by atoms with E-state index in [2.05, 4.69) is 251 Å². The smallest absolute Gasteiger partial charge is 0.0468 e. The van der Waals surface area contributed by atoms with Crippen LogP contribution in [0.5, 0.6) is 0 Å². The van der Waals surface area contributed by atoms with E-state index in [0.717, 1.165) is 34.1 Å². The molecule has 62 heavy (non-hydrogen) atoms. The minimum absolute atomic E-state index is 0.0879. The summed E-state index contributed by atoms with van der Waals surface area (Å²) in [6, 6.07) is 60.0. The first kappa shape index (κ1) is 41.2. The minimum Gasteiger partial charge on any atom is -0.310 e. The third-order valence-corrected chi connectivity index (χ3v) is 13.0. The summed E-state index contributed by atoms with van der Waals surface area (Å²) in [5.41, 5.74) is 17.9. The zero-order chi connectivity index (χ0) is 43.9. The molecule has 0 N–H and O–H groups in total. The standard InChI is InChI=1S/C60H62N2/c1-57(2,3)43-15-25-47(26-16-43)61(48-27-17-44(18-28-48)58(4,5)6)51-23-13-39-35-53-55(37-41(39)33-51)54-36-40-14-24-52(34-42(40)38-56(53)54)62(49-29-19-45(20-30-49)59(7,8)9)50-31-21-46(22-32-50)60(10,11)12/h13-38H,1-12H3. The summed E-state index contributed by atoms with van der Waals surface area (Å²) < 4.78 is 0. The Kier molecular flexibility index (Phi) is 9.82. The Bertz CT molecular complexity index is 2600. The summed E-state index contributed by atoms with van der Waals surface area (Å²) in [5, 5.41) is 4.99. The summed E-state index contributed by atoms with van der Waals surface area (Å²) in [6.07, 6.45) is 0. The third-order valence-electron chi connectivity index (χ3n) is 13.0. The van der Waals surface area contributed by atoms with Gasteiger partial charge in [-0.1, -0.05) is 144 Å². The Morgan fingerprint density at radius 2 is 0.435 bits per heavy atom. The SMILES string of the molecule is CC(C)(C)c1ccc(N(c2ccc(C(C)(C)C)cc2)c2ccc3cc4c(cc3c2)-c2cc3ccc(N(c5ccc(C(C)(C)C)cc5)c5ccc(C(C)(C)C)cc5)cc3cc2-4)cc1. The number of hydrogen-bond acceptors (Lipinski definition) is 2. The Morgan fingerprint density at radius 3 is 0.661 bits per heavy atom. The van der Waals surface area contributed by atoms with Gasteiger partial charge < -0.3 is 9.80 Å². The minimum atomic E-state index is 0.0879. The molecule has 1 aliphatic carbocycles. The van der Waals surface area contributed by atoms with Gasteiger partial charge in [0, 0.05) is 34.1 Å². The fourth-order valence-electron chi connectivity index (χ4n) is 9.01. The Balaban J connectivity index is 1.09. The molecule has 2 nitrogen and oxygen atoms in total. The lowest BCUT2D eigenvalue weighted by Gasteiger charge is -2.29. The van der Waals surface area contributed by atoms with Crippen molar-refractivity contribution < 1.29 is 0 Å². The monoisotopic (exact) mass is 810 g/mol. The van der Waals surface area contributed by atoms with Crippen LogP contribution in [0.25, 0.3) is 43.8 Å². The maximum Gasteiger partial charge on any atom is 0.0468 e. The number of nitrogens with zero attached hydrogens (tertiary/aromatic N) is 2. The van der Waals surface area contributed by atoms with Crippen LogP contribution in [0.15, 0.2) is 158 Å². The molecule has 0 unspecified atom stereocenters. The van der Waals surface area contributed by atoms with E-state index in [-0.39, 0.29) is 21.7 Å². The van der Waals surface area contributed by atoms with Crippen LogP contribution in [0.3, 0.4) is 0 Å². The van der Waals surface area contributed by atoms with Gasteiger partial charge in [-0.2, -0.15) is 0 Å². The number of benzene rings is 8. The second-order valence-electron chi connectivity index (χ2n) is 21.7. The molecule has 0 amide bonds. The first-order valence-corrected chi connectivity index (χ1v) is 22.4. The van der Waals surface area contributed by atoms with Crippen molar-refractivity contribution in [2.75, 3.05) is 9.80 Å². The molecule has 0 atom stereocenters. The Morgan fingerprint density at radius 1 is 0.226 bits per heavy atom.